The first-order valence-electron chi connectivity index (χ1n) is 6.67. The van der Waals surface area contributed by atoms with Crippen molar-refractivity contribution in [1.29, 1.82) is 0 Å². The number of nitrogens with zero attached hydrogens (tertiary/aromatic N) is 1. The van der Waals surface area contributed by atoms with E-state index in [1.807, 2.05) is 0 Å². The number of carbonyl (C=O) groups excluding carboxylic acids is 1. The van der Waals surface area contributed by atoms with Crippen molar-refractivity contribution in [1.82, 2.24) is 4.57 Å². The summed E-state index contributed by atoms with van der Waals surface area (Å²) in [5, 5.41) is 0. The first-order chi connectivity index (χ1) is 7.96. The molecule has 0 spiro atoms. The standard InChI is InChI=1S/C15H23NO/c1-15(2,3)8-9-16-10-12-6-4-5-7-14(17)13(12)11-16/h10-11H,4-9H2,1-3H3. The van der Waals surface area contributed by atoms with Crippen LogP contribution in [0.15, 0.2) is 12.4 Å². The average Bonchev–Trinajstić information content (AvgIpc) is 2.57. The molecule has 0 bridgehead atoms. The Morgan fingerprint density at radius 1 is 1.18 bits per heavy atom. The molecule has 0 aliphatic heterocycles. The summed E-state index contributed by atoms with van der Waals surface area (Å²) >= 11 is 0. The zero-order chi connectivity index (χ0) is 12.5. The van der Waals surface area contributed by atoms with E-state index in [2.05, 4.69) is 37.7 Å². The predicted octanol–water partition coefficient (Wildman–Crippen LogP) is 3.83. The van der Waals surface area contributed by atoms with Gasteiger partial charge in [-0.2, -0.15) is 0 Å². The van der Waals surface area contributed by atoms with Crippen LogP contribution in [0, 0.1) is 5.41 Å². The smallest absolute Gasteiger partial charge is 0.164 e. The molecule has 1 aromatic heterocycles. The Hall–Kier alpha value is -1.05. The van der Waals surface area contributed by atoms with Gasteiger partial charge < -0.3 is 4.57 Å². The van der Waals surface area contributed by atoms with Gasteiger partial charge in [-0.15, -0.1) is 0 Å². The minimum absolute atomic E-state index is 0.340. The lowest BCUT2D eigenvalue weighted by molar-refractivity contribution is 0.0982. The van der Waals surface area contributed by atoms with E-state index >= 15 is 0 Å². The number of Topliss-reactive ketones (excluding diaryl/α,β-unsaturated/α-hetero) is 1. The fourth-order valence-corrected chi connectivity index (χ4v) is 2.34. The highest BCUT2D eigenvalue weighted by molar-refractivity contribution is 5.97. The van der Waals surface area contributed by atoms with Gasteiger partial charge in [0, 0.05) is 30.9 Å². The van der Waals surface area contributed by atoms with Crippen molar-refractivity contribution in [3.05, 3.63) is 23.5 Å². The molecule has 2 rings (SSSR count). The third-order valence-corrected chi connectivity index (χ3v) is 3.48. The maximum Gasteiger partial charge on any atom is 0.164 e. The summed E-state index contributed by atoms with van der Waals surface area (Å²) in [5.74, 6) is 0.340. The number of aromatic nitrogens is 1. The second kappa shape index (κ2) is 4.67. The minimum atomic E-state index is 0.340. The predicted molar refractivity (Wildman–Crippen MR) is 70.4 cm³/mol. The molecule has 2 heteroatoms. The third-order valence-electron chi connectivity index (χ3n) is 3.48. The number of rotatable bonds is 2. The van der Waals surface area contributed by atoms with Crippen LogP contribution in [0.3, 0.4) is 0 Å². The van der Waals surface area contributed by atoms with Gasteiger partial charge in [0.1, 0.15) is 0 Å². The van der Waals surface area contributed by atoms with E-state index in [4.69, 9.17) is 0 Å². The summed E-state index contributed by atoms with van der Waals surface area (Å²) in [6, 6.07) is 0. The van der Waals surface area contributed by atoms with E-state index in [1.165, 1.54) is 5.56 Å². The van der Waals surface area contributed by atoms with Crippen LogP contribution in [-0.2, 0) is 13.0 Å². The third kappa shape index (κ3) is 3.21. The largest absolute Gasteiger partial charge is 0.353 e. The Kier molecular flexibility index (Phi) is 3.41. The average molecular weight is 233 g/mol. The lowest BCUT2D eigenvalue weighted by Crippen LogP contribution is -2.09. The van der Waals surface area contributed by atoms with Crippen LogP contribution in [0.1, 0.15) is 62.4 Å². The Morgan fingerprint density at radius 2 is 1.88 bits per heavy atom. The van der Waals surface area contributed by atoms with E-state index in [0.717, 1.165) is 44.2 Å². The maximum absolute atomic E-state index is 11.9. The van der Waals surface area contributed by atoms with Gasteiger partial charge in [0.2, 0.25) is 0 Å². The van der Waals surface area contributed by atoms with E-state index < -0.39 is 0 Å². The van der Waals surface area contributed by atoms with Gasteiger partial charge in [-0.1, -0.05) is 20.8 Å². The van der Waals surface area contributed by atoms with Gasteiger partial charge in [0.05, 0.1) is 0 Å². The van der Waals surface area contributed by atoms with Gasteiger partial charge in [-0.05, 0) is 36.7 Å². The van der Waals surface area contributed by atoms with E-state index in [1.54, 1.807) is 0 Å². The second-order valence-corrected chi connectivity index (χ2v) is 6.38. The van der Waals surface area contributed by atoms with Crippen LogP contribution in [0.25, 0.3) is 0 Å². The Labute approximate surface area is 104 Å². The van der Waals surface area contributed by atoms with Crippen LogP contribution >= 0.6 is 0 Å². The Morgan fingerprint density at radius 3 is 2.59 bits per heavy atom. The molecule has 0 N–H and O–H groups in total. The summed E-state index contributed by atoms with van der Waals surface area (Å²) in [6.45, 7) is 7.79. The topological polar surface area (TPSA) is 22.0 Å². The van der Waals surface area contributed by atoms with Crippen molar-refractivity contribution in [2.75, 3.05) is 0 Å². The summed E-state index contributed by atoms with van der Waals surface area (Å²) < 4.78 is 2.21. The van der Waals surface area contributed by atoms with Gasteiger partial charge in [-0.25, -0.2) is 0 Å². The number of aryl methyl sites for hydroxylation is 2. The highest BCUT2D eigenvalue weighted by Gasteiger charge is 2.18. The normalized spacial score (nSPS) is 16.8. The first-order valence-corrected chi connectivity index (χ1v) is 6.67. The summed E-state index contributed by atoms with van der Waals surface area (Å²) in [4.78, 5) is 11.9. The molecule has 1 heterocycles. The number of ketones is 1. The molecule has 0 amide bonds. The molecule has 0 fully saturated rings. The van der Waals surface area contributed by atoms with Crippen molar-refractivity contribution in [3.8, 4) is 0 Å². The van der Waals surface area contributed by atoms with Gasteiger partial charge in [-0.3, -0.25) is 4.79 Å². The van der Waals surface area contributed by atoms with Gasteiger partial charge in [0.25, 0.3) is 0 Å². The fraction of sp³-hybridized carbons (Fsp3) is 0.667. The molecule has 1 aliphatic carbocycles. The SMILES string of the molecule is CC(C)(C)CCn1cc2c(c1)C(=O)CCCC2. The van der Waals surface area contributed by atoms with Crippen LogP contribution in [0.5, 0.6) is 0 Å². The molecule has 0 aromatic carbocycles. The number of carbonyl (C=O) groups is 1. The fourth-order valence-electron chi connectivity index (χ4n) is 2.34. The lowest BCUT2D eigenvalue weighted by Gasteiger charge is -2.18. The molecule has 0 unspecified atom stereocenters. The summed E-state index contributed by atoms with van der Waals surface area (Å²) in [6.07, 6.45) is 9.41. The van der Waals surface area contributed by atoms with Crippen molar-refractivity contribution >= 4 is 5.78 Å². The van der Waals surface area contributed by atoms with Crippen LogP contribution in [-0.4, -0.2) is 10.4 Å². The van der Waals surface area contributed by atoms with Gasteiger partial charge in [0.15, 0.2) is 5.78 Å². The molecular formula is C15H23NO. The molecule has 0 radical (unpaired) electrons. The Bertz CT molecular complexity index is 409. The second-order valence-electron chi connectivity index (χ2n) is 6.38. The van der Waals surface area contributed by atoms with E-state index in [9.17, 15) is 4.79 Å². The monoisotopic (exact) mass is 233 g/mol. The van der Waals surface area contributed by atoms with Crippen molar-refractivity contribution in [2.45, 2.75) is 59.4 Å². The lowest BCUT2D eigenvalue weighted by atomic mass is 9.92. The molecule has 17 heavy (non-hydrogen) atoms. The van der Waals surface area contributed by atoms with Crippen molar-refractivity contribution in [3.63, 3.8) is 0 Å². The molecule has 1 aromatic rings. The molecule has 2 nitrogen and oxygen atoms in total. The van der Waals surface area contributed by atoms with Crippen LogP contribution in [0.2, 0.25) is 0 Å². The highest BCUT2D eigenvalue weighted by Crippen LogP contribution is 2.24. The molecule has 0 saturated heterocycles. The van der Waals surface area contributed by atoms with E-state index in [-0.39, 0.29) is 0 Å². The molecule has 94 valence electrons. The van der Waals surface area contributed by atoms with Crippen LogP contribution < -0.4 is 0 Å². The highest BCUT2D eigenvalue weighted by atomic mass is 16.1. The number of hydrogen-bond donors (Lipinski definition) is 0. The first kappa shape index (κ1) is 12.4. The van der Waals surface area contributed by atoms with Crippen LogP contribution in [0.4, 0.5) is 0 Å². The molecule has 1 aliphatic rings. The van der Waals surface area contributed by atoms with Crippen molar-refractivity contribution < 1.29 is 4.79 Å². The van der Waals surface area contributed by atoms with Crippen molar-refractivity contribution in [2.24, 2.45) is 5.41 Å². The zero-order valence-corrected chi connectivity index (χ0v) is 11.3. The molecule has 0 saturated carbocycles. The summed E-state index contributed by atoms with van der Waals surface area (Å²) in [5.41, 5.74) is 2.60. The molecule has 0 atom stereocenters. The zero-order valence-electron chi connectivity index (χ0n) is 11.3. The maximum atomic E-state index is 11.9. The van der Waals surface area contributed by atoms with Gasteiger partial charge >= 0.3 is 0 Å². The number of hydrogen-bond acceptors (Lipinski definition) is 1. The minimum Gasteiger partial charge on any atom is -0.353 e. The number of fused-ring (bicyclic) bond motifs is 1. The quantitative estimate of drug-likeness (QED) is 0.711. The molecular weight excluding hydrogens is 210 g/mol. The Balaban J connectivity index is 2.11. The van der Waals surface area contributed by atoms with E-state index in [0.29, 0.717) is 11.2 Å². The summed E-state index contributed by atoms with van der Waals surface area (Å²) in [7, 11) is 0.